The lowest BCUT2D eigenvalue weighted by molar-refractivity contribution is 0.0996. The summed E-state index contributed by atoms with van der Waals surface area (Å²) in [7, 11) is 1.59. The molecule has 3 N–H and O–H groups in total. The van der Waals surface area contributed by atoms with Crippen molar-refractivity contribution in [1.82, 2.24) is 15.4 Å². The fourth-order valence-electron chi connectivity index (χ4n) is 2.03. The van der Waals surface area contributed by atoms with E-state index in [9.17, 15) is 4.79 Å². The summed E-state index contributed by atoms with van der Waals surface area (Å²) in [5.41, 5.74) is 6.49. The van der Waals surface area contributed by atoms with E-state index in [1.54, 1.807) is 25.3 Å². The molecule has 3 rings (SSSR count). The normalized spacial score (nSPS) is 14.0. The molecule has 0 atom stereocenters. The van der Waals surface area contributed by atoms with E-state index in [-0.39, 0.29) is 5.69 Å². The maximum atomic E-state index is 11.3. The number of carbonyl (C=O) groups is 1. The first-order valence-electron chi connectivity index (χ1n) is 6.71. The van der Waals surface area contributed by atoms with E-state index in [0.29, 0.717) is 35.3 Å². The highest BCUT2D eigenvalue weighted by molar-refractivity contribution is 5.96. The van der Waals surface area contributed by atoms with Gasteiger partial charge in [-0.25, -0.2) is 0 Å². The maximum Gasteiger partial charge on any atom is 0.271 e. The molecular weight excluding hydrogens is 272 g/mol. The third kappa shape index (κ3) is 2.81. The van der Waals surface area contributed by atoms with Crippen LogP contribution in [0.15, 0.2) is 18.2 Å². The van der Waals surface area contributed by atoms with Gasteiger partial charge >= 0.3 is 0 Å². The molecule has 21 heavy (non-hydrogen) atoms. The molecule has 1 fully saturated rings. The van der Waals surface area contributed by atoms with Gasteiger partial charge in [-0.1, -0.05) is 0 Å². The summed E-state index contributed by atoms with van der Waals surface area (Å²) in [4.78, 5) is 11.3. The fourth-order valence-corrected chi connectivity index (χ4v) is 2.03. The molecule has 7 heteroatoms. The number of nitrogens with one attached hydrogen (secondary N) is 1. The van der Waals surface area contributed by atoms with Crippen LogP contribution in [0.4, 0.5) is 0 Å². The smallest absolute Gasteiger partial charge is 0.271 e. The first-order chi connectivity index (χ1) is 10.2. The number of rotatable bonds is 6. The fraction of sp³-hybridized carbons (Fsp3) is 0.357. The summed E-state index contributed by atoms with van der Waals surface area (Å²) in [6.07, 6.45) is 2.41. The molecule has 1 saturated carbocycles. The van der Waals surface area contributed by atoms with Crippen molar-refractivity contribution in [3.8, 4) is 22.8 Å². The molecule has 1 aliphatic carbocycles. The van der Waals surface area contributed by atoms with Gasteiger partial charge in [0.1, 0.15) is 5.69 Å². The van der Waals surface area contributed by atoms with Gasteiger partial charge in [-0.2, -0.15) is 15.4 Å². The van der Waals surface area contributed by atoms with Gasteiger partial charge in [-0.15, -0.1) is 0 Å². The van der Waals surface area contributed by atoms with Crippen LogP contribution in [0.25, 0.3) is 11.3 Å². The summed E-state index contributed by atoms with van der Waals surface area (Å²) in [5.74, 6) is 1.27. The number of carbonyl (C=O) groups excluding carboxylic acids is 1. The molecule has 0 radical (unpaired) electrons. The molecule has 1 amide bonds. The monoisotopic (exact) mass is 288 g/mol. The minimum absolute atomic E-state index is 0.105. The molecule has 0 unspecified atom stereocenters. The third-order valence-electron chi connectivity index (χ3n) is 3.39. The van der Waals surface area contributed by atoms with Gasteiger partial charge in [0.15, 0.2) is 17.2 Å². The molecule has 0 aliphatic heterocycles. The molecule has 1 aromatic heterocycles. The van der Waals surface area contributed by atoms with Crippen molar-refractivity contribution in [3.63, 3.8) is 0 Å². The van der Waals surface area contributed by atoms with Crippen LogP contribution in [0.2, 0.25) is 0 Å². The highest BCUT2D eigenvalue weighted by Gasteiger charge is 2.23. The van der Waals surface area contributed by atoms with E-state index in [1.807, 2.05) is 0 Å². The zero-order valence-corrected chi connectivity index (χ0v) is 11.6. The number of amides is 1. The second kappa shape index (κ2) is 5.43. The molecule has 0 spiro atoms. The summed E-state index contributed by atoms with van der Waals surface area (Å²) in [6.45, 7) is 0.668. The van der Waals surface area contributed by atoms with Gasteiger partial charge < -0.3 is 15.2 Å². The van der Waals surface area contributed by atoms with Crippen LogP contribution in [-0.2, 0) is 0 Å². The van der Waals surface area contributed by atoms with E-state index >= 15 is 0 Å². The zero-order chi connectivity index (χ0) is 14.8. The quantitative estimate of drug-likeness (QED) is 0.835. The molecule has 1 heterocycles. The van der Waals surface area contributed by atoms with Gasteiger partial charge in [0, 0.05) is 5.56 Å². The van der Waals surface area contributed by atoms with Gasteiger partial charge in [-0.3, -0.25) is 4.79 Å². The molecule has 1 aliphatic rings. The number of nitrogens with zero attached hydrogens (tertiary/aromatic N) is 2. The highest BCUT2D eigenvalue weighted by atomic mass is 16.5. The topological polar surface area (TPSA) is 103 Å². The average molecular weight is 288 g/mol. The van der Waals surface area contributed by atoms with Crippen molar-refractivity contribution in [2.75, 3.05) is 13.7 Å². The second-order valence-electron chi connectivity index (χ2n) is 5.01. The first kappa shape index (κ1) is 13.4. The lowest BCUT2D eigenvalue weighted by atomic mass is 10.1. The number of benzene rings is 1. The Bertz CT molecular complexity index is 664. The van der Waals surface area contributed by atoms with Crippen LogP contribution >= 0.6 is 0 Å². The predicted molar refractivity (Wildman–Crippen MR) is 75.1 cm³/mol. The summed E-state index contributed by atoms with van der Waals surface area (Å²) >= 11 is 0. The first-order valence-corrected chi connectivity index (χ1v) is 6.71. The van der Waals surface area contributed by atoms with Crippen molar-refractivity contribution in [2.45, 2.75) is 12.8 Å². The van der Waals surface area contributed by atoms with Crippen molar-refractivity contribution in [1.29, 1.82) is 0 Å². The zero-order valence-electron chi connectivity index (χ0n) is 11.6. The van der Waals surface area contributed by atoms with Crippen LogP contribution in [0.1, 0.15) is 23.3 Å². The van der Waals surface area contributed by atoms with Gasteiger partial charge in [0.2, 0.25) is 0 Å². The third-order valence-corrected chi connectivity index (χ3v) is 3.39. The summed E-state index contributed by atoms with van der Waals surface area (Å²) < 4.78 is 11.1. The number of methoxy groups -OCH3 is 1. The van der Waals surface area contributed by atoms with Crippen LogP contribution in [0, 0.1) is 5.92 Å². The molecular formula is C14H16N4O3. The van der Waals surface area contributed by atoms with Crippen molar-refractivity contribution in [3.05, 3.63) is 23.9 Å². The van der Waals surface area contributed by atoms with Crippen molar-refractivity contribution < 1.29 is 14.3 Å². The number of nitrogens with two attached hydrogens (primary N) is 1. The largest absolute Gasteiger partial charge is 0.493 e. The lowest BCUT2D eigenvalue weighted by Crippen LogP contribution is -2.12. The minimum Gasteiger partial charge on any atom is -0.493 e. The Labute approximate surface area is 121 Å². The molecule has 7 nitrogen and oxygen atoms in total. The summed E-state index contributed by atoms with van der Waals surface area (Å²) in [5, 5.41) is 10.2. The summed E-state index contributed by atoms with van der Waals surface area (Å²) in [6, 6.07) is 5.34. The maximum absolute atomic E-state index is 11.3. The number of aromatic nitrogens is 3. The minimum atomic E-state index is -0.630. The number of ether oxygens (including phenoxy) is 2. The molecule has 0 saturated heterocycles. The number of hydrogen-bond acceptors (Lipinski definition) is 5. The van der Waals surface area contributed by atoms with E-state index in [1.165, 1.54) is 12.8 Å². The Kier molecular flexibility index (Phi) is 3.47. The van der Waals surface area contributed by atoms with Crippen molar-refractivity contribution >= 4 is 5.91 Å². The Morgan fingerprint density at radius 2 is 2.19 bits per heavy atom. The molecule has 2 aromatic rings. The van der Waals surface area contributed by atoms with E-state index in [2.05, 4.69) is 15.4 Å². The number of aromatic amines is 1. The van der Waals surface area contributed by atoms with E-state index < -0.39 is 5.91 Å². The SMILES string of the molecule is COc1ccc(-c2n[nH]nc2C(N)=O)cc1OCC1CC1. The van der Waals surface area contributed by atoms with Crippen LogP contribution in [0.3, 0.4) is 0 Å². The Hall–Kier alpha value is -2.57. The molecule has 1 aromatic carbocycles. The van der Waals surface area contributed by atoms with Crippen molar-refractivity contribution in [2.24, 2.45) is 11.7 Å². The van der Waals surface area contributed by atoms with E-state index in [4.69, 9.17) is 15.2 Å². The predicted octanol–water partition coefficient (Wildman–Crippen LogP) is 1.37. The van der Waals surface area contributed by atoms with E-state index in [0.717, 1.165) is 0 Å². The van der Waals surface area contributed by atoms with Crippen LogP contribution < -0.4 is 15.2 Å². The average Bonchev–Trinajstić information content (AvgIpc) is 3.18. The Balaban J connectivity index is 1.92. The Morgan fingerprint density at radius 1 is 1.38 bits per heavy atom. The molecule has 110 valence electrons. The van der Waals surface area contributed by atoms with Crippen LogP contribution in [0.5, 0.6) is 11.5 Å². The Morgan fingerprint density at radius 3 is 2.86 bits per heavy atom. The highest BCUT2D eigenvalue weighted by Crippen LogP contribution is 2.35. The number of primary amides is 1. The van der Waals surface area contributed by atoms with Gasteiger partial charge in [-0.05, 0) is 37.0 Å². The molecule has 0 bridgehead atoms. The second-order valence-corrected chi connectivity index (χ2v) is 5.01. The van der Waals surface area contributed by atoms with Crippen LogP contribution in [-0.4, -0.2) is 35.0 Å². The van der Waals surface area contributed by atoms with Gasteiger partial charge in [0.05, 0.1) is 13.7 Å². The number of hydrogen-bond donors (Lipinski definition) is 2. The lowest BCUT2D eigenvalue weighted by Gasteiger charge is -2.11. The standard InChI is InChI=1S/C14H16N4O3/c1-20-10-5-4-9(6-11(10)21-7-8-2-3-8)12-13(14(15)19)17-18-16-12/h4-6,8H,2-3,7H2,1H3,(H2,15,19)(H,16,17,18). The van der Waals surface area contributed by atoms with Gasteiger partial charge in [0.25, 0.3) is 5.91 Å². The number of H-pyrrole nitrogens is 1.